The molecule has 2 aromatic heterocycles. The van der Waals surface area contributed by atoms with Crippen LogP contribution in [-0.4, -0.2) is 51.9 Å². The van der Waals surface area contributed by atoms with Crippen molar-refractivity contribution in [1.82, 2.24) is 25.2 Å². The minimum Gasteiger partial charge on any atom is -0.497 e. The third-order valence-electron chi connectivity index (χ3n) is 3.75. The highest BCUT2D eigenvalue weighted by molar-refractivity contribution is 7.98. The van der Waals surface area contributed by atoms with Crippen LogP contribution in [0.2, 0.25) is 0 Å². The predicted molar refractivity (Wildman–Crippen MR) is 106 cm³/mol. The Kier molecular flexibility index (Phi) is 6.85. The number of anilines is 1. The quantitative estimate of drug-likeness (QED) is 0.523. The second kappa shape index (κ2) is 9.73. The smallest absolute Gasteiger partial charge is 0.262 e. The van der Waals surface area contributed by atoms with Crippen LogP contribution in [-0.2, 0) is 17.6 Å². The molecule has 3 rings (SSSR count). The van der Waals surface area contributed by atoms with E-state index < -0.39 is 0 Å². The lowest BCUT2D eigenvalue weighted by Crippen LogP contribution is -2.20. The number of nitrogens with one attached hydrogen (secondary N) is 1. The number of hydrogen-bond donors (Lipinski definition) is 1. The van der Waals surface area contributed by atoms with Gasteiger partial charge in [-0.3, -0.25) is 9.78 Å². The summed E-state index contributed by atoms with van der Waals surface area (Å²) in [4.78, 5) is 16.6. The molecule has 1 N–H and O–H groups in total. The van der Waals surface area contributed by atoms with Gasteiger partial charge in [-0.15, -0.1) is 5.10 Å². The topological polar surface area (TPSA) is 113 Å². The van der Waals surface area contributed by atoms with Crippen molar-refractivity contribution < 1.29 is 19.0 Å². The maximum absolute atomic E-state index is 12.2. The highest BCUT2D eigenvalue weighted by Crippen LogP contribution is 2.29. The first-order valence-corrected chi connectivity index (χ1v) is 9.52. The van der Waals surface area contributed by atoms with E-state index in [0.717, 1.165) is 5.69 Å². The van der Waals surface area contributed by atoms with E-state index in [4.69, 9.17) is 14.2 Å². The standard InChI is InChI=1S/C18H20N6O4S/c1-24-18(21-22-23-24)29-11-13-8-15(16(27-3)9-19-13)28-10-17(25)20-12-5-4-6-14(7-12)26-2/h4-9H,10-11H2,1-3H3,(H,20,25). The number of amides is 1. The van der Waals surface area contributed by atoms with E-state index in [9.17, 15) is 4.79 Å². The largest absolute Gasteiger partial charge is 0.497 e. The molecule has 0 radical (unpaired) electrons. The highest BCUT2D eigenvalue weighted by Gasteiger charge is 2.12. The molecule has 11 heteroatoms. The minimum atomic E-state index is -0.307. The normalized spacial score (nSPS) is 10.4. The van der Waals surface area contributed by atoms with Gasteiger partial charge in [-0.05, 0) is 22.6 Å². The zero-order chi connectivity index (χ0) is 20.6. The van der Waals surface area contributed by atoms with Crippen molar-refractivity contribution in [1.29, 1.82) is 0 Å². The highest BCUT2D eigenvalue weighted by atomic mass is 32.2. The van der Waals surface area contributed by atoms with E-state index in [1.165, 1.54) is 18.9 Å². The van der Waals surface area contributed by atoms with Crippen molar-refractivity contribution in [2.75, 3.05) is 26.1 Å². The lowest BCUT2D eigenvalue weighted by Gasteiger charge is -2.12. The number of carbonyl (C=O) groups excluding carboxylic acids is 1. The number of tetrazole rings is 1. The van der Waals surface area contributed by atoms with Gasteiger partial charge in [0.05, 0.1) is 26.1 Å². The molecule has 152 valence electrons. The molecule has 0 aliphatic heterocycles. The van der Waals surface area contributed by atoms with E-state index in [0.29, 0.717) is 33.8 Å². The lowest BCUT2D eigenvalue weighted by molar-refractivity contribution is -0.118. The Morgan fingerprint density at radius 2 is 2.07 bits per heavy atom. The van der Waals surface area contributed by atoms with Crippen LogP contribution >= 0.6 is 11.8 Å². The second-order valence-electron chi connectivity index (χ2n) is 5.77. The molecule has 0 spiro atoms. The van der Waals surface area contributed by atoms with Crippen molar-refractivity contribution in [2.45, 2.75) is 10.9 Å². The van der Waals surface area contributed by atoms with E-state index in [1.807, 2.05) is 0 Å². The molecule has 29 heavy (non-hydrogen) atoms. The Morgan fingerprint density at radius 1 is 1.21 bits per heavy atom. The van der Waals surface area contributed by atoms with Crippen LogP contribution < -0.4 is 19.5 Å². The number of hydrogen-bond acceptors (Lipinski definition) is 9. The fourth-order valence-electron chi connectivity index (χ4n) is 2.33. The first-order valence-electron chi connectivity index (χ1n) is 8.54. The summed E-state index contributed by atoms with van der Waals surface area (Å²) in [6.45, 7) is -0.183. The van der Waals surface area contributed by atoms with Crippen molar-refractivity contribution in [3.63, 3.8) is 0 Å². The molecule has 0 fully saturated rings. The molecule has 0 aliphatic carbocycles. The summed E-state index contributed by atoms with van der Waals surface area (Å²) >= 11 is 1.44. The second-order valence-corrected chi connectivity index (χ2v) is 6.71. The Morgan fingerprint density at radius 3 is 2.79 bits per heavy atom. The van der Waals surface area contributed by atoms with E-state index in [-0.39, 0.29) is 12.5 Å². The number of pyridine rings is 1. The Bertz CT molecular complexity index is 980. The Labute approximate surface area is 171 Å². The molecule has 1 amide bonds. The zero-order valence-electron chi connectivity index (χ0n) is 16.2. The van der Waals surface area contributed by atoms with Crippen molar-refractivity contribution in [2.24, 2.45) is 7.05 Å². The summed E-state index contributed by atoms with van der Waals surface area (Å²) in [5.74, 6) is 1.74. The van der Waals surface area contributed by atoms with Gasteiger partial charge in [0, 0.05) is 30.6 Å². The maximum atomic E-state index is 12.2. The number of benzene rings is 1. The number of carbonyl (C=O) groups is 1. The summed E-state index contributed by atoms with van der Waals surface area (Å²) in [7, 11) is 4.84. The fraction of sp³-hybridized carbons (Fsp3) is 0.278. The molecule has 0 saturated heterocycles. The summed E-state index contributed by atoms with van der Waals surface area (Å²) < 4.78 is 17.7. The molecule has 0 saturated carbocycles. The van der Waals surface area contributed by atoms with E-state index in [2.05, 4.69) is 25.8 Å². The van der Waals surface area contributed by atoms with E-state index >= 15 is 0 Å². The summed E-state index contributed by atoms with van der Waals surface area (Å²) in [5, 5.41) is 14.7. The van der Waals surface area contributed by atoms with Gasteiger partial charge >= 0.3 is 0 Å². The van der Waals surface area contributed by atoms with Crippen LogP contribution in [0.15, 0.2) is 41.7 Å². The molecule has 0 aliphatic rings. The van der Waals surface area contributed by atoms with E-state index in [1.54, 1.807) is 55.4 Å². The third-order valence-corrected chi connectivity index (χ3v) is 4.79. The van der Waals surface area contributed by atoms with Gasteiger partial charge in [-0.1, -0.05) is 17.8 Å². The average molecular weight is 416 g/mol. The molecule has 2 heterocycles. The number of rotatable bonds is 9. The van der Waals surface area contributed by atoms with Crippen molar-refractivity contribution in [3.8, 4) is 17.2 Å². The van der Waals surface area contributed by atoms with Gasteiger partial charge < -0.3 is 19.5 Å². The van der Waals surface area contributed by atoms with Crippen LogP contribution in [0.5, 0.6) is 17.2 Å². The summed E-state index contributed by atoms with van der Waals surface area (Å²) in [6, 6.07) is 8.81. The average Bonchev–Trinajstić information content (AvgIpc) is 3.15. The number of methoxy groups -OCH3 is 2. The molecule has 3 aromatic rings. The Balaban J connectivity index is 1.61. The molecule has 0 bridgehead atoms. The van der Waals surface area contributed by atoms with Crippen LogP contribution in [0.1, 0.15) is 5.69 Å². The number of aromatic nitrogens is 5. The van der Waals surface area contributed by atoms with Crippen LogP contribution in [0, 0.1) is 0 Å². The van der Waals surface area contributed by atoms with Gasteiger partial charge in [0.15, 0.2) is 18.1 Å². The maximum Gasteiger partial charge on any atom is 0.262 e. The van der Waals surface area contributed by atoms with Crippen LogP contribution in [0.3, 0.4) is 0 Å². The van der Waals surface area contributed by atoms with Crippen molar-refractivity contribution >= 4 is 23.4 Å². The third kappa shape index (κ3) is 5.57. The van der Waals surface area contributed by atoms with Crippen LogP contribution in [0.4, 0.5) is 5.69 Å². The minimum absolute atomic E-state index is 0.183. The Hall–Kier alpha value is -3.34. The van der Waals surface area contributed by atoms with Gasteiger partial charge in [0.2, 0.25) is 5.16 Å². The zero-order valence-corrected chi connectivity index (χ0v) is 17.0. The fourth-order valence-corrected chi connectivity index (χ4v) is 3.09. The van der Waals surface area contributed by atoms with Gasteiger partial charge in [0.25, 0.3) is 5.91 Å². The van der Waals surface area contributed by atoms with Gasteiger partial charge in [-0.25, -0.2) is 4.68 Å². The number of thioether (sulfide) groups is 1. The predicted octanol–water partition coefficient (Wildman–Crippen LogP) is 1.93. The van der Waals surface area contributed by atoms with Gasteiger partial charge in [-0.2, -0.15) is 0 Å². The SMILES string of the molecule is COc1cccc(NC(=O)COc2cc(CSc3nnnn3C)ncc2OC)c1. The number of aryl methyl sites for hydroxylation is 1. The summed E-state index contributed by atoms with van der Waals surface area (Å²) in [6.07, 6.45) is 1.56. The molecule has 0 atom stereocenters. The molecular formula is C18H20N6O4S. The number of nitrogens with zero attached hydrogens (tertiary/aromatic N) is 5. The molecule has 1 aromatic carbocycles. The molecule has 0 unspecified atom stereocenters. The summed E-state index contributed by atoms with van der Waals surface area (Å²) in [5.41, 5.74) is 1.36. The first kappa shape index (κ1) is 20.4. The monoisotopic (exact) mass is 416 g/mol. The first-order chi connectivity index (χ1) is 14.1. The molecular weight excluding hydrogens is 396 g/mol. The molecule has 10 nitrogen and oxygen atoms in total. The van der Waals surface area contributed by atoms with Crippen LogP contribution in [0.25, 0.3) is 0 Å². The van der Waals surface area contributed by atoms with Crippen molar-refractivity contribution in [3.05, 3.63) is 42.2 Å². The lowest BCUT2D eigenvalue weighted by atomic mass is 10.3. The van der Waals surface area contributed by atoms with Gasteiger partial charge in [0.1, 0.15) is 5.75 Å². The number of ether oxygens (including phenoxy) is 3.